The molecule has 1 aromatic heterocycles. The first-order chi connectivity index (χ1) is 13.5. The van der Waals surface area contributed by atoms with Crippen molar-refractivity contribution in [2.24, 2.45) is 16.1 Å². The Morgan fingerprint density at radius 2 is 1.71 bits per heavy atom. The molecule has 3 aromatic rings. The van der Waals surface area contributed by atoms with Crippen LogP contribution >= 0.6 is 0 Å². The monoisotopic (exact) mass is 373 g/mol. The van der Waals surface area contributed by atoms with Gasteiger partial charge in [-0.05, 0) is 45.0 Å². The Morgan fingerprint density at radius 3 is 2.46 bits per heavy atom. The molecule has 2 heterocycles. The molecular weight excluding hydrogens is 354 g/mol. The predicted molar refractivity (Wildman–Crippen MR) is 110 cm³/mol. The zero-order chi connectivity index (χ0) is 19.8. The fraction of sp³-hybridized carbons (Fsp3) is 0.190. The molecule has 0 aliphatic carbocycles. The Hall–Kier alpha value is -3.61. The summed E-state index contributed by atoms with van der Waals surface area (Å²) in [6.07, 6.45) is 1.46. The number of carbonyl (C=O) groups is 1. The summed E-state index contributed by atoms with van der Waals surface area (Å²) in [5.41, 5.74) is 2.78. The minimum absolute atomic E-state index is 0.204. The Kier molecular flexibility index (Phi) is 4.35. The van der Waals surface area contributed by atoms with E-state index in [-0.39, 0.29) is 11.5 Å². The number of hydrazone groups is 1. The molecule has 7 heteroatoms. The van der Waals surface area contributed by atoms with Gasteiger partial charge in [0.1, 0.15) is 11.7 Å². The Bertz CT molecular complexity index is 1190. The Morgan fingerprint density at radius 1 is 1.00 bits per heavy atom. The molecule has 28 heavy (non-hydrogen) atoms. The molecular formula is C21H19N5O2. The summed E-state index contributed by atoms with van der Waals surface area (Å²) in [7, 11) is 0. The second kappa shape index (κ2) is 6.84. The maximum Gasteiger partial charge on any atom is 0.282 e. The number of carbonyl (C=O) groups excluding carboxylic acids is 1. The van der Waals surface area contributed by atoms with Crippen molar-refractivity contribution in [3.63, 3.8) is 0 Å². The van der Waals surface area contributed by atoms with Crippen LogP contribution < -0.4 is 10.6 Å². The van der Waals surface area contributed by atoms with Crippen LogP contribution in [0.2, 0.25) is 0 Å². The van der Waals surface area contributed by atoms with Gasteiger partial charge < -0.3 is 0 Å². The summed E-state index contributed by atoms with van der Waals surface area (Å²) in [6.45, 7) is 5.47. The number of aryl methyl sites for hydroxylation is 2. The zero-order valence-corrected chi connectivity index (χ0v) is 15.8. The number of anilines is 1. The molecule has 0 bridgehead atoms. The summed E-state index contributed by atoms with van der Waals surface area (Å²) >= 11 is 0. The van der Waals surface area contributed by atoms with Gasteiger partial charge in [-0.3, -0.25) is 9.59 Å². The van der Waals surface area contributed by atoms with Crippen molar-refractivity contribution in [2.75, 3.05) is 5.01 Å². The van der Waals surface area contributed by atoms with Crippen molar-refractivity contribution in [1.29, 1.82) is 0 Å². The number of benzene rings is 2. The lowest BCUT2D eigenvalue weighted by Crippen LogP contribution is -2.29. The van der Waals surface area contributed by atoms with Crippen molar-refractivity contribution >= 4 is 34.4 Å². The standard InChI is InChI=1S/C21H19N5O2/c1-13-8-10-16(11-9-13)26-21(28)18(14(2)24-26)12-22-25-15(3)23-19-7-5-4-6-17(19)20(25)27/h4-12,18H,1-3H3. The number of aromatic nitrogens is 2. The van der Waals surface area contributed by atoms with E-state index in [0.717, 1.165) is 5.56 Å². The van der Waals surface area contributed by atoms with E-state index in [1.165, 1.54) is 15.9 Å². The van der Waals surface area contributed by atoms with Gasteiger partial charge in [0, 0.05) is 6.21 Å². The van der Waals surface area contributed by atoms with E-state index in [1.54, 1.807) is 32.0 Å². The average molecular weight is 373 g/mol. The average Bonchev–Trinajstić information content (AvgIpc) is 2.96. The molecule has 2 aromatic carbocycles. The molecule has 1 amide bonds. The van der Waals surface area contributed by atoms with Crippen LogP contribution in [-0.2, 0) is 4.79 Å². The first-order valence-electron chi connectivity index (χ1n) is 8.94. The van der Waals surface area contributed by atoms with Gasteiger partial charge in [-0.25, -0.2) is 4.98 Å². The van der Waals surface area contributed by atoms with Crippen LogP contribution in [-0.4, -0.2) is 27.5 Å². The number of rotatable bonds is 3. The predicted octanol–water partition coefficient (Wildman–Crippen LogP) is 2.89. The van der Waals surface area contributed by atoms with Crippen molar-refractivity contribution in [2.45, 2.75) is 20.8 Å². The first kappa shape index (κ1) is 17.8. The van der Waals surface area contributed by atoms with Crippen LogP contribution in [0.3, 0.4) is 0 Å². The molecule has 0 fully saturated rings. The molecule has 1 atom stereocenters. The summed E-state index contributed by atoms with van der Waals surface area (Å²) in [5.74, 6) is -0.376. The van der Waals surface area contributed by atoms with E-state index in [2.05, 4.69) is 15.2 Å². The highest BCUT2D eigenvalue weighted by Gasteiger charge is 2.33. The number of fused-ring (bicyclic) bond motifs is 1. The van der Waals surface area contributed by atoms with Gasteiger partial charge in [0.15, 0.2) is 0 Å². The van der Waals surface area contributed by atoms with Crippen molar-refractivity contribution in [1.82, 2.24) is 9.66 Å². The van der Waals surface area contributed by atoms with Crippen LogP contribution in [0.4, 0.5) is 5.69 Å². The molecule has 1 aliphatic rings. The van der Waals surface area contributed by atoms with Gasteiger partial charge in [0.05, 0.1) is 22.3 Å². The molecule has 4 rings (SSSR count). The third-order valence-corrected chi connectivity index (χ3v) is 4.71. The minimum atomic E-state index is -0.626. The second-order valence-electron chi connectivity index (χ2n) is 6.76. The lowest BCUT2D eigenvalue weighted by atomic mass is 10.1. The minimum Gasteiger partial charge on any atom is -0.271 e. The lowest BCUT2D eigenvalue weighted by molar-refractivity contribution is -0.118. The number of hydrogen-bond acceptors (Lipinski definition) is 5. The van der Waals surface area contributed by atoms with Crippen LogP contribution in [0.25, 0.3) is 10.9 Å². The SMILES string of the molecule is CC1=NN(c2ccc(C)cc2)C(=O)C1C=Nn1c(C)nc2ccccc2c1=O. The van der Waals surface area contributed by atoms with Crippen LogP contribution in [0, 0.1) is 19.8 Å². The van der Waals surface area contributed by atoms with Crippen molar-refractivity contribution in [3.8, 4) is 0 Å². The molecule has 1 unspecified atom stereocenters. The highest BCUT2D eigenvalue weighted by Crippen LogP contribution is 2.23. The summed E-state index contributed by atoms with van der Waals surface area (Å²) in [6, 6.07) is 14.7. The molecule has 0 N–H and O–H groups in total. The number of amides is 1. The molecule has 0 spiro atoms. The van der Waals surface area contributed by atoms with Crippen molar-refractivity contribution in [3.05, 3.63) is 70.3 Å². The van der Waals surface area contributed by atoms with E-state index in [4.69, 9.17) is 0 Å². The fourth-order valence-electron chi connectivity index (χ4n) is 3.13. The molecule has 0 saturated carbocycles. The van der Waals surface area contributed by atoms with Gasteiger partial charge in [-0.15, -0.1) is 0 Å². The first-order valence-corrected chi connectivity index (χ1v) is 8.94. The molecule has 7 nitrogen and oxygen atoms in total. The third-order valence-electron chi connectivity index (χ3n) is 4.71. The largest absolute Gasteiger partial charge is 0.282 e. The highest BCUT2D eigenvalue weighted by molar-refractivity contribution is 6.23. The molecule has 0 saturated heterocycles. The van der Waals surface area contributed by atoms with Gasteiger partial charge in [-0.2, -0.15) is 19.9 Å². The van der Waals surface area contributed by atoms with Crippen LogP contribution in [0.15, 0.2) is 63.5 Å². The zero-order valence-electron chi connectivity index (χ0n) is 15.8. The molecule has 1 aliphatic heterocycles. The summed E-state index contributed by atoms with van der Waals surface area (Å²) < 4.78 is 1.22. The number of nitrogens with zero attached hydrogens (tertiary/aromatic N) is 5. The van der Waals surface area contributed by atoms with Gasteiger partial charge in [-0.1, -0.05) is 29.8 Å². The second-order valence-corrected chi connectivity index (χ2v) is 6.76. The molecule has 140 valence electrons. The summed E-state index contributed by atoms with van der Waals surface area (Å²) in [5, 5.41) is 10.5. The van der Waals surface area contributed by atoms with E-state index in [9.17, 15) is 9.59 Å². The van der Waals surface area contributed by atoms with Gasteiger partial charge in [0.2, 0.25) is 0 Å². The van der Waals surface area contributed by atoms with Gasteiger partial charge >= 0.3 is 0 Å². The Balaban J connectivity index is 1.66. The van der Waals surface area contributed by atoms with E-state index >= 15 is 0 Å². The summed E-state index contributed by atoms with van der Waals surface area (Å²) in [4.78, 5) is 30.0. The number of para-hydroxylation sites is 1. The maximum atomic E-state index is 12.8. The van der Waals surface area contributed by atoms with E-state index in [1.807, 2.05) is 37.3 Å². The Labute approximate surface area is 161 Å². The molecule has 0 radical (unpaired) electrons. The quantitative estimate of drug-likeness (QED) is 0.662. The normalized spacial score (nSPS) is 17.0. The maximum absolute atomic E-state index is 12.8. The van der Waals surface area contributed by atoms with Crippen LogP contribution in [0.1, 0.15) is 18.3 Å². The highest BCUT2D eigenvalue weighted by atomic mass is 16.2. The lowest BCUT2D eigenvalue weighted by Gasteiger charge is -2.13. The topological polar surface area (TPSA) is 79.9 Å². The number of hydrogen-bond donors (Lipinski definition) is 0. The van der Waals surface area contributed by atoms with Crippen LogP contribution in [0.5, 0.6) is 0 Å². The fourth-order valence-corrected chi connectivity index (χ4v) is 3.13. The van der Waals surface area contributed by atoms with E-state index in [0.29, 0.717) is 28.1 Å². The van der Waals surface area contributed by atoms with Gasteiger partial charge in [0.25, 0.3) is 11.5 Å². The van der Waals surface area contributed by atoms with Crippen molar-refractivity contribution < 1.29 is 4.79 Å². The smallest absolute Gasteiger partial charge is 0.271 e. The van der Waals surface area contributed by atoms with E-state index < -0.39 is 5.92 Å². The third kappa shape index (κ3) is 3.00.